The molecule has 0 atom stereocenters. The van der Waals surface area contributed by atoms with E-state index in [-0.39, 0.29) is 17.1 Å². The fourth-order valence-corrected chi connectivity index (χ4v) is 5.29. The van der Waals surface area contributed by atoms with Gasteiger partial charge in [-0.05, 0) is 43.7 Å². The third kappa shape index (κ3) is 4.64. The van der Waals surface area contributed by atoms with E-state index >= 15 is 0 Å². The fraction of sp³-hybridized carbons (Fsp3) is 0.364. The summed E-state index contributed by atoms with van der Waals surface area (Å²) in [7, 11) is -3.79. The summed E-state index contributed by atoms with van der Waals surface area (Å²) in [5.41, 5.74) is 2.47. The van der Waals surface area contributed by atoms with Gasteiger partial charge in [-0.1, -0.05) is 24.3 Å². The number of H-pyrrole nitrogens is 2. The van der Waals surface area contributed by atoms with Gasteiger partial charge in [0.25, 0.3) is 10.0 Å². The molecule has 9 nitrogen and oxygen atoms in total. The molecule has 0 amide bonds. The number of hydrogen-bond donors (Lipinski definition) is 2. The van der Waals surface area contributed by atoms with E-state index in [9.17, 15) is 18.5 Å². The normalized spacial score (nSPS) is 15.0. The number of benzene rings is 2. The van der Waals surface area contributed by atoms with Crippen molar-refractivity contribution in [2.24, 2.45) is 0 Å². The van der Waals surface area contributed by atoms with Crippen molar-refractivity contribution in [1.82, 2.24) is 19.2 Å². The maximum atomic E-state index is 12.6. The lowest BCUT2D eigenvalue weighted by atomic mass is 10.2. The molecular weight excluding hydrogens is 428 g/mol. The highest BCUT2D eigenvalue weighted by Gasteiger charge is 2.23. The average Bonchev–Trinajstić information content (AvgIpc) is 3.20. The first kappa shape index (κ1) is 21.9. The molecule has 1 fully saturated rings. The van der Waals surface area contributed by atoms with Crippen LogP contribution < -0.4 is 10.6 Å². The smallest absolute Gasteiger partial charge is 0.323 e. The number of sulfonamides is 1. The lowest BCUT2D eigenvalue weighted by Gasteiger charge is -2.36. The van der Waals surface area contributed by atoms with Gasteiger partial charge in [0, 0.05) is 32.7 Å². The van der Waals surface area contributed by atoms with Gasteiger partial charge in [0.15, 0.2) is 6.19 Å². The van der Waals surface area contributed by atoms with E-state index in [1.807, 2.05) is 24.4 Å². The van der Waals surface area contributed by atoms with Gasteiger partial charge in [-0.15, -0.1) is 0 Å². The number of imidazole rings is 1. The van der Waals surface area contributed by atoms with E-state index < -0.39 is 10.0 Å². The SMILES string of the molecule is N#CN(CCCCN1CCN(c2cccc3[nH]c(=O)[nH]c23)CC1)S(=O)(=O)c1ccccc1. The fourth-order valence-electron chi connectivity index (χ4n) is 4.05. The molecule has 0 unspecified atom stereocenters. The summed E-state index contributed by atoms with van der Waals surface area (Å²) in [5.74, 6) is 0. The van der Waals surface area contributed by atoms with Crippen LogP contribution in [0.4, 0.5) is 5.69 Å². The molecule has 0 radical (unpaired) electrons. The van der Waals surface area contributed by atoms with Crippen LogP contribution in [0.3, 0.4) is 0 Å². The molecule has 10 heteroatoms. The second kappa shape index (κ2) is 9.46. The minimum absolute atomic E-state index is 0.136. The number of hydrogen-bond acceptors (Lipinski definition) is 6. The Bertz CT molecular complexity index is 1250. The molecule has 0 bridgehead atoms. The number of nitriles is 1. The van der Waals surface area contributed by atoms with E-state index in [2.05, 4.69) is 19.8 Å². The number of aromatic amines is 2. The topological polar surface area (TPSA) is 116 Å². The van der Waals surface area contributed by atoms with Crippen molar-refractivity contribution in [3.63, 3.8) is 0 Å². The van der Waals surface area contributed by atoms with Crippen molar-refractivity contribution >= 4 is 26.7 Å². The molecule has 2 N–H and O–H groups in total. The molecule has 32 heavy (non-hydrogen) atoms. The third-order valence-corrected chi connectivity index (χ3v) is 7.48. The van der Waals surface area contributed by atoms with Crippen LogP contribution in [-0.2, 0) is 10.0 Å². The zero-order valence-corrected chi connectivity index (χ0v) is 18.5. The Balaban J connectivity index is 1.26. The van der Waals surface area contributed by atoms with Crippen LogP contribution in [-0.4, -0.2) is 66.9 Å². The van der Waals surface area contributed by atoms with E-state index in [1.165, 1.54) is 12.1 Å². The van der Waals surface area contributed by atoms with Gasteiger partial charge in [0.05, 0.1) is 21.6 Å². The number of nitrogens with zero attached hydrogens (tertiary/aromatic N) is 4. The van der Waals surface area contributed by atoms with Crippen molar-refractivity contribution in [3.8, 4) is 6.19 Å². The van der Waals surface area contributed by atoms with Gasteiger partial charge in [-0.25, -0.2) is 17.5 Å². The number of aromatic nitrogens is 2. The number of anilines is 1. The summed E-state index contributed by atoms with van der Waals surface area (Å²) in [5, 5.41) is 9.34. The Hall–Kier alpha value is -3.29. The lowest BCUT2D eigenvalue weighted by molar-refractivity contribution is 0.251. The Morgan fingerprint density at radius 3 is 2.44 bits per heavy atom. The number of unbranched alkanes of at least 4 members (excludes halogenated alkanes) is 1. The molecule has 1 saturated heterocycles. The summed E-state index contributed by atoms with van der Waals surface area (Å²) >= 11 is 0. The van der Waals surface area contributed by atoms with Crippen LogP contribution in [0.1, 0.15) is 12.8 Å². The molecule has 4 rings (SSSR count). The summed E-state index contributed by atoms with van der Waals surface area (Å²) in [6.07, 6.45) is 3.24. The second-order valence-corrected chi connectivity index (χ2v) is 9.67. The van der Waals surface area contributed by atoms with Gasteiger partial charge in [0.1, 0.15) is 0 Å². The zero-order chi connectivity index (χ0) is 22.6. The molecule has 0 saturated carbocycles. The van der Waals surface area contributed by atoms with Gasteiger partial charge >= 0.3 is 5.69 Å². The average molecular weight is 455 g/mol. The summed E-state index contributed by atoms with van der Waals surface area (Å²) < 4.78 is 26.0. The minimum Gasteiger partial charge on any atom is -0.367 e. The molecule has 1 aliphatic heterocycles. The number of fused-ring (bicyclic) bond motifs is 1. The molecule has 168 valence electrons. The summed E-state index contributed by atoms with van der Waals surface area (Å²) in [6, 6.07) is 13.9. The zero-order valence-electron chi connectivity index (χ0n) is 17.7. The predicted molar refractivity (Wildman–Crippen MR) is 123 cm³/mol. The standard InChI is InChI=1S/C22H26N6O3S/c23-17-28(32(30,31)18-7-2-1-3-8-18)12-5-4-11-26-13-15-27(16-14-26)20-10-6-9-19-21(20)25-22(29)24-19/h1-3,6-10H,4-5,11-16H2,(H2,24,25,29). The second-order valence-electron chi connectivity index (χ2n) is 7.80. The van der Waals surface area contributed by atoms with E-state index in [0.29, 0.717) is 6.42 Å². The van der Waals surface area contributed by atoms with Gasteiger partial charge in [0.2, 0.25) is 0 Å². The Morgan fingerprint density at radius 2 is 1.72 bits per heavy atom. The highest BCUT2D eigenvalue weighted by atomic mass is 32.2. The number of para-hydroxylation sites is 1. The van der Waals surface area contributed by atoms with Crippen LogP contribution in [0.15, 0.2) is 58.2 Å². The highest BCUT2D eigenvalue weighted by molar-refractivity contribution is 7.89. The van der Waals surface area contributed by atoms with Gasteiger partial charge in [-0.2, -0.15) is 5.26 Å². The van der Waals surface area contributed by atoms with Crippen molar-refractivity contribution in [2.45, 2.75) is 17.7 Å². The van der Waals surface area contributed by atoms with Crippen LogP contribution in [0.2, 0.25) is 0 Å². The largest absolute Gasteiger partial charge is 0.367 e. The number of rotatable bonds is 8. The first-order valence-corrected chi connectivity index (χ1v) is 12.1. The highest BCUT2D eigenvalue weighted by Crippen LogP contribution is 2.24. The van der Waals surface area contributed by atoms with Crippen LogP contribution in [0.25, 0.3) is 11.0 Å². The van der Waals surface area contributed by atoms with Crippen LogP contribution in [0, 0.1) is 11.5 Å². The first-order valence-electron chi connectivity index (χ1n) is 10.6. The summed E-state index contributed by atoms with van der Waals surface area (Å²) in [4.78, 5) is 22.1. The molecule has 1 aliphatic rings. The lowest BCUT2D eigenvalue weighted by Crippen LogP contribution is -2.46. The maximum Gasteiger partial charge on any atom is 0.323 e. The maximum absolute atomic E-state index is 12.6. The van der Waals surface area contributed by atoms with Crippen molar-refractivity contribution in [3.05, 3.63) is 59.0 Å². The van der Waals surface area contributed by atoms with Crippen molar-refractivity contribution in [1.29, 1.82) is 5.26 Å². The van der Waals surface area contributed by atoms with Crippen LogP contribution in [0.5, 0.6) is 0 Å². The molecule has 0 spiro atoms. The Morgan fingerprint density at radius 1 is 0.969 bits per heavy atom. The van der Waals surface area contributed by atoms with E-state index in [0.717, 1.165) is 60.2 Å². The molecule has 0 aliphatic carbocycles. The summed E-state index contributed by atoms with van der Waals surface area (Å²) in [6.45, 7) is 4.49. The van der Waals surface area contributed by atoms with E-state index in [4.69, 9.17) is 0 Å². The number of nitrogens with one attached hydrogen (secondary N) is 2. The Kier molecular flexibility index (Phi) is 6.48. The molecule has 1 aromatic heterocycles. The molecule has 2 heterocycles. The molecule has 3 aromatic rings. The van der Waals surface area contributed by atoms with Crippen molar-refractivity contribution < 1.29 is 8.42 Å². The monoisotopic (exact) mass is 454 g/mol. The quantitative estimate of drug-likeness (QED) is 0.305. The van der Waals surface area contributed by atoms with Crippen molar-refractivity contribution in [2.75, 3.05) is 44.2 Å². The van der Waals surface area contributed by atoms with Crippen LogP contribution >= 0.6 is 0 Å². The first-order chi connectivity index (χ1) is 15.5. The molecule has 2 aromatic carbocycles. The van der Waals surface area contributed by atoms with E-state index in [1.54, 1.807) is 18.2 Å². The predicted octanol–water partition coefficient (Wildman–Crippen LogP) is 1.93. The van der Waals surface area contributed by atoms with Gasteiger partial charge < -0.3 is 14.9 Å². The van der Waals surface area contributed by atoms with Gasteiger partial charge in [-0.3, -0.25) is 4.90 Å². The third-order valence-electron chi connectivity index (χ3n) is 5.77. The Labute approximate surface area is 186 Å². The number of piperazine rings is 1. The molecular formula is C22H26N6O3S. The minimum atomic E-state index is -3.79.